The molecule has 1 aliphatic carbocycles. The first-order valence-electron chi connectivity index (χ1n) is 2.77. The SMILES string of the molecule is NC(C(=O)O)C1(S)CC1. The van der Waals surface area contributed by atoms with E-state index in [2.05, 4.69) is 12.6 Å². The molecule has 3 nitrogen and oxygen atoms in total. The smallest absolute Gasteiger partial charge is 0.321 e. The third kappa shape index (κ3) is 1.19. The van der Waals surface area contributed by atoms with Crippen molar-refractivity contribution >= 4 is 18.6 Å². The highest BCUT2D eigenvalue weighted by Gasteiger charge is 2.47. The average molecular weight is 147 g/mol. The highest BCUT2D eigenvalue weighted by atomic mass is 32.1. The Morgan fingerprint density at radius 3 is 2.33 bits per heavy atom. The molecule has 0 spiro atoms. The molecular formula is C5H9NO2S. The molecule has 1 atom stereocenters. The van der Waals surface area contributed by atoms with Crippen molar-refractivity contribution in [1.29, 1.82) is 0 Å². The minimum absolute atomic E-state index is 0.397. The van der Waals surface area contributed by atoms with E-state index in [0.29, 0.717) is 0 Å². The summed E-state index contributed by atoms with van der Waals surface area (Å²) >= 11 is 4.09. The molecule has 0 heterocycles. The van der Waals surface area contributed by atoms with Gasteiger partial charge in [-0.15, -0.1) is 0 Å². The number of carboxylic acid groups (broad SMARTS) is 1. The fourth-order valence-corrected chi connectivity index (χ4v) is 0.891. The van der Waals surface area contributed by atoms with Crippen molar-refractivity contribution in [2.24, 2.45) is 5.73 Å². The maximum absolute atomic E-state index is 10.2. The van der Waals surface area contributed by atoms with Crippen LogP contribution in [0.4, 0.5) is 0 Å². The van der Waals surface area contributed by atoms with E-state index in [1.165, 1.54) is 0 Å². The summed E-state index contributed by atoms with van der Waals surface area (Å²) in [6.07, 6.45) is 1.65. The molecule has 0 radical (unpaired) electrons. The van der Waals surface area contributed by atoms with Gasteiger partial charge in [-0.25, -0.2) is 0 Å². The minimum atomic E-state index is -0.956. The van der Waals surface area contributed by atoms with Gasteiger partial charge in [-0.3, -0.25) is 4.79 Å². The van der Waals surface area contributed by atoms with Gasteiger partial charge in [-0.1, -0.05) is 0 Å². The Labute approximate surface area is 58.6 Å². The number of thiol groups is 1. The maximum atomic E-state index is 10.2. The quantitative estimate of drug-likeness (QED) is 0.476. The van der Waals surface area contributed by atoms with Gasteiger partial charge in [0.1, 0.15) is 6.04 Å². The van der Waals surface area contributed by atoms with Crippen molar-refractivity contribution in [3.8, 4) is 0 Å². The Balaban J connectivity index is 2.52. The van der Waals surface area contributed by atoms with E-state index in [1.807, 2.05) is 0 Å². The highest BCUT2D eigenvalue weighted by Crippen LogP contribution is 2.44. The molecule has 4 heteroatoms. The predicted octanol–water partition coefficient (Wildman–Crippen LogP) is -0.139. The van der Waals surface area contributed by atoms with E-state index < -0.39 is 16.8 Å². The first-order chi connectivity index (χ1) is 4.06. The summed E-state index contributed by atoms with van der Waals surface area (Å²) in [5.74, 6) is -0.956. The largest absolute Gasteiger partial charge is 0.480 e. The van der Waals surface area contributed by atoms with Gasteiger partial charge in [-0.05, 0) is 12.8 Å². The lowest BCUT2D eigenvalue weighted by Crippen LogP contribution is -2.40. The van der Waals surface area contributed by atoms with Crippen LogP contribution in [-0.4, -0.2) is 21.9 Å². The third-order valence-electron chi connectivity index (χ3n) is 1.61. The van der Waals surface area contributed by atoms with Gasteiger partial charge in [0.25, 0.3) is 0 Å². The molecule has 0 aromatic rings. The van der Waals surface area contributed by atoms with Crippen molar-refractivity contribution in [2.45, 2.75) is 23.6 Å². The zero-order valence-electron chi connectivity index (χ0n) is 4.87. The van der Waals surface area contributed by atoms with Gasteiger partial charge in [0.05, 0.1) is 0 Å². The van der Waals surface area contributed by atoms with Gasteiger partial charge in [-0.2, -0.15) is 12.6 Å². The van der Waals surface area contributed by atoms with Crippen molar-refractivity contribution in [2.75, 3.05) is 0 Å². The zero-order valence-corrected chi connectivity index (χ0v) is 5.77. The Kier molecular flexibility index (Phi) is 1.44. The van der Waals surface area contributed by atoms with E-state index in [-0.39, 0.29) is 0 Å². The molecule has 0 bridgehead atoms. The van der Waals surface area contributed by atoms with E-state index in [9.17, 15) is 4.79 Å². The number of hydrogen-bond acceptors (Lipinski definition) is 3. The third-order valence-corrected chi connectivity index (χ3v) is 2.33. The molecule has 52 valence electrons. The summed E-state index contributed by atoms with van der Waals surface area (Å²) < 4.78 is -0.397. The monoisotopic (exact) mass is 147 g/mol. The summed E-state index contributed by atoms with van der Waals surface area (Å²) in [7, 11) is 0. The molecule has 1 aliphatic rings. The topological polar surface area (TPSA) is 63.3 Å². The predicted molar refractivity (Wildman–Crippen MR) is 36.6 cm³/mol. The molecule has 0 aromatic carbocycles. The Bertz CT molecular complexity index is 144. The summed E-state index contributed by atoms with van der Waals surface area (Å²) in [6, 6.07) is -0.791. The molecule has 1 fully saturated rings. The van der Waals surface area contributed by atoms with Gasteiger partial charge >= 0.3 is 5.97 Å². The van der Waals surface area contributed by atoms with Gasteiger partial charge < -0.3 is 10.8 Å². The van der Waals surface area contributed by atoms with Crippen molar-refractivity contribution in [3.05, 3.63) is 0 Å². The lowest BCUT2D eigenvalue weighted by atomic mass is 10.2. The van der Waals surface area contributed by atoms with Crippen LogP contribution in [0.25, 0.3) is 0 Å². The second-order valence-electron chi connectivity index (χ2n) is 2.42. The fourth-order valence-electron chi connectivity index (χ4n) is 0.669. The summed E-state index contributed by atoms with van der Waals surface area (Å²) in [6.45, 7) is 0. The van der Waals surface area contributed by atoms with Crippen LogP contribution in [0.1, 0.15) is 12.8 Å². The number of aliphatic carboxylic acids is 1. The van der Waals surface area contributed by atoms with E-state index in [4.69, 9.17) is 10.8 Å². The molecule has 0 aromatic heterocycles. The van der Waals surface area contributed by atoms with E-state index in [1.54, 1.807) is 0 Å². The van der Waals surface area contributed by atoms with Crippen LogP contribution in [0.5, 0.6) is 0 Å². The first-order valence-corrected chi connectivity index (χ1v) is 3.22. The maximum Gasteiger partial charge on any atom is 0.321 e. The number of carboxylic acids is 1. The molecule has 3 N–H and O–H groups in total. The molecule has 1 unspecified atom stereocenters. The minimum Gasteiger partial charge on any atom is -0.480 e. The van der Waals surface area contributed by atoms with Gasteiger partial charge in [0, 0.05) is 4.75 Å². The lowest BCUT2D eigenvalue weighted by molar-refractivity contribution is -0.138. The molecule has 1 saturated carbocycles. The molecule has 0 amide bonds. The van der Waals surface area contributed by atoms with Crippen LogP contribution < -0.4 is 5.73 Å². The van der Waals surface area contributed by atoms with Crippen molar-refractivity contribution in [3.63, 3.8) is 0 Å². The average Bonchev–Trinajstić information content (AvgIpc) is 2.47. The fraction of sp³-hybridized carbons (Fsp3) is 0.800. The molecule has 1 rings (SSSR count). The Morgan fingerprint density at radius 2 is 2.22 bits per heavy atom. The van der Waals surface area contributed by atoms with Crippen LogP contribution in [0, 0.1) is 0 Å². The number of carbonyl (C=O) groups is 1. The lowest BCUT2D eigenvalue weighted by Gasteiger charge is -2.11. The standard InChI is InChI=1S/C5H9NO2S/c6-3(4(7)8)5(9)1-2-5/h3,9H,1-2,6H2,(H,7,8). The van der Waals surface area contributed by atoms with E-state index >= 15 is 0 Å². The van der Waals surface area contributed by atoms with Gasteiger partial charge in [0.15, 0.2) is 0 Å². The number of hydrogen-bond donors (Lipinski definition) is 3. The Morgan fingerprint density at radius 1 is 1.78 bits per heavy atom. The summed E-state index contributed by atoms with van der Waals surface area (Å²) in [4.78, 5) is 10.2. The number of rotatable bonds is 2. The second-order valence-corrected chi connectivity index (χ2v) is 3.31. The van der Waals surface area contributed by atoms with Crippen molar-refractivity contribution < 1.29 is 9.90 Å². The van der Waals surface area contributed by atoms with Gasteiger partial charge in [0.2, 0.25) is 0 Å². The van der Waals surface area contributed by atoms with Crippen LogP contribution >= 0.6 is 12.6 Å². The van der Waals surface area contributed by atoms with Crippen LogP contribution in [0.2, 0.25) is 0 Å². The van der Waals surface area contributed by atoms with Crippen molar-refractivity contribution in [1.82, 2.24) is 0 Å². The molecule has 9 heavy (non-hydrogen) atoms. The Hall–Kier alpha value is -0.220. The van der Waals surface area contributed by atoms with Crippen LogP contribution in [-0.2, 0) is 4.79 Å². The zero-order chi connectivity index (χ0) is 7.07. The van der Waals surface area contributed by atoms with Crippen LogP contribution in [0.3, 0.4) is 0 Å². The normalized spacial score (nSPS) is 25.1. The second kappa shape index (κ2) is 1.88. The highest BCUT2D eigenvalue weighted by molar-refractivity contribution is 7.82. The molecular weight excluding hydrogens is 138 g/mol. The van der Waals surface area contributed by atoms with E-state index in [0.717, 1.165) is 12.8 Å². The summed E-state index contributed by atoms with van der Waals surface area (Å²) in [5.41, 5.74) is 5.28. The van der Waals surface area contributed by atoms with Crippen LogP contribution in [0.15, 0.2) is 0 Å². The molecule has 0 aliphatic heterocycles. The molecule has 0 saturated heterocycles. The summed E-state index contributed by atoms with van der Waals surface area (Å²) in [5, 5.41) is 8.38. The number of nitrogens with two attached hydrogens (primary N) is 1. The first kappa shape index (κ1) is 6.89.